The lowest BCUT2D eigenvalue weighted by molar-refractivity contribution is 0.00295. The van der Waals surface area contributed by atoms with Gasteiger partial charge in [-0.25, -0.2) is 4.39 Å². The number of benzene rings is 2. The molecule has 1 N–H and O–H groups in total. The molecular weight excluding hydrogens is 305 g/mol. The highest BCUT2D eigenvalue weighted by Gasteiger charge is 2.17. The van der Waals surface area contributed by atoms with Crippen molar-refractivity contribution in [2.75, 3.05) is 13.2 Å². The van der Waals surface area contributed by atoms with Gasteiger partial charge in [0.1, 0.15) is 5.82 Å². The summed E-state index contributed by atoms with van der Waals surface area (Å²) in [5.74, 6) is -0.210. The quantitative estimate of drug-likeness (QED) is 0.762. The molecule has 0 aliphatic carbocycles. The van der Waals surface area contributed by atoms with Crippen molar-refractivity contribution in [2.24, 2.45) is 0 Å². The molecule has 2 aromatic carbocycles. The van der Waals surface area contributed by atoms with Gasteiger partial charge in [0, 0.05) is 24.7 Å². The van der Waals surface area contributed by atoms with Crippen LogP contribution < -0.4 is 0 Å². The van der Waals surface area contributed by atoms with E-state index in [0.29, 0.717) is 25.3 Å². The van der Waals surface area contributed by atoms with E-state index in [0.717, 1.165) is 5.56 Å². The van der Waals surface area contributed by atoms with Crippen molar-refractivity contribution in [3.63, 3.8) is 0 Å². The van der Waals surface area contributed by atoms with Crippen LogP contribution in [0.25, 0.3) is 0 Å². The van der Waals surface area contributed by atoms with Gasteiger partial charge in [0.15, 0.2) is 0 Å². The molecule has 0 amide bonds. The minimum Gasteiger partial charge on any atom is -0.389 e. The van der Waals surface area contributed by atoms with Gasteiger partial charge in [-0.1, -0.05) is 48.5 Å². The Morgan fingerprint density at radius 2 is 1.71 bits per heavy atom. The van der Waals surface area contributed by atoms with E-state index < -0.39 is 6.10 Å². The van der Waals surface area contributed by atoms with Crippen LogP contribution in [0.3, 0.4) is 0 Å². The first-order valence-corrected chi connectivity index (χ1v) is 8.33. The van der Waals surface area contributed by atoms with Crippen LogP contribution in [-0.4, -0.2) is 35.3 Å². The lowest BCUT2D eigenvalue weighted by atomic mass is 10.1. The maximum absolute atomic E-state index is 13.8. The SMILES string of the molecule is CC(C)N(Cc1ccccc1F)CC(O)COCc1ccccc1. The molecule has 0 radical (unpaired) electrons. The average Bonchev–Trinajstić information content (AvgIpc) is 2.57. The number of hydrogen-bond acceptors (Lipinski definition) is 3. The van der Waals surface area contributed by atoms with Crippen molar-refractivity contribution in [1.82, 2.24) is 4.90 Å². The third kappa shape index (κ3) is 6.04. The van der Waals surface area contributed by atoms with E-state index in [4.69, 9.17) is 4.74 Å². The lowest BCUT2D eigenvalue weighted by Gasteiger charge is -2.29. The first-order valence-electron chi connectivity index (χ1n) is 8.33. The monoisotopic (exact) mass is 331 g/mol. The Morgan fingerprint density at radius 1 is 1.04 bits per heavy atom. The minimum atomic E-state index is -0.608. The summed E-state index contributed by atoms with van der Waals surface area (Å²) < 4.78 is 19.4. The highest BCUT2D eigenvalue weighted by atomic mass is 19.1. The fraction of sp³-hybridized carbons (Fsp3) is 0.400. The molecule has 4 heteroatoms. The average molecular weight is 331 g/mol. The molecule has 2 aromatic rings. The molecular formula is C20H26FNO2. The highest BCUT2D eigenvalue weighted by molar-refractivity contribution is 5.17. The van der Waals surface area contributed by atoms with Crippen LogP contribution in [0.1, 0.15) is 25.0 Å². The summed E-state index contributed by atoms with van der Waals surface area (Å²) in [6.07, 6.45) is -0.608. The summed E-state index contributed by atoms with van der Waals surface area (Å²) in [6, 6.07) is 16.8. The van der Waals surface area contributed by atoms with Crippen molar-refractivity contribution in [3.05, 3.63) is 71.5 Å². The van der Waals surface area contributed by atoms with Gasteiger partial charge >= 0.3 is 0 Å². The molecule has 130 valence electrons. The van der Waals surface area contributed by atoms with Crippen molar-refractivity contribution in [1.29, 1.82) is 0 Å². The fourth-order valence-electron chi connectivity index (χ4n) is 2.51. The van der Waals surface area contributed by atoms with E-state index in [1.54, 1.807) is 12.1 Å². The Balaban J connectivity index is 1.82. The molecule has 1 unspecified atom stereocenters. The van der Waals surface area contributed by atoms with Gasteiger partial charge < -0.3 is 9.84 Å². The Hall–Kier alpha value is -1.75. The molecule has 0 saturated carbocycles. The molecule has 2 rings (SSSR count). The Bertz CT molecular complexity index is 604. The van der Waals surface area contributed by atoms with Gasteiger partial charge in [0.2, 0.25) is 0 Å². The molecule has 0 heterocycles. The number of ether oxygens (including phenoxy) is 1. The second-order valence-corrected chi connectivity index (χ2v) is 6.27. The molecule has 0 aromatic heterocycles. The number of rotatable bonds is 9. The third-order valence-corrected chi connectivity index (χ3v) is 3.93. The van der Waals surface area contributed by atoms with Gasteiger partial charge in [0.25, 0.3) is 0 Å². The largest absolute Gasteiger partial charge is 0.389 e. The maximum Gasteiger partial charge on any atom is 0.127 e. The predicted octanol–water partition coefficient (Wildman–Crippen LogP) is 3.61. The molecule has 0 aliphatic rings. The molecule has 0 fully saturated rings. The third-order valence-electron chi connectivity index (χ3n) is 3.93. The van der Waals surface area contributed by atoms with Gasteiger partial charge in [-0.2, -0.15) is 0 Å². The van der Waals surface area contributed by atoms with Crippen LogP contribution in [0.5, 0.6) is 0 Å². The number of hydrogen-bond donors (Lipinski definition) is 1. The molecule has 0 aliphatic heterocycles. The van der Waals surface area contributed by atoms with Crippen molar-refractivity contribution in [2.45, 2.75) is 39.1 Å². The zero-order valence-electron chi connectivity index (χ0n) is 14.4. The van der Waals surface area contributed by atoms with Gasteiger partial charge in [0.05, 0.1) is 19.3 Å². The zero-order valence-corrected chi connectivity index (χ0v) is 14.4. The number of aliphatic hydroxyl groups excluding tert-OH is 1. The van der Waals surface area contributed by atoms with E-state index in [2.05, 4.69) is 4.90 Å². The van der Waals surface area contributed by atoms with Gasteiger partial charge in [-0.05, 0) is 25.5 Å². The fourth-order valence-corrected chi connectivity index (χ4v) is 2.51. The first kappa shape index (κ1) is 18.6. The first-order chi connectivity index (χ1) is 11.6. The summed E-state index contributed by atoms with van der Waals surface area (Å²) in [4.78, 5) is 2.05. The summed E-state index contributed by atoms with van der Waals surface area (Å²) >= 11 is 0. The Labute approximate surface area is 143 Å². The summed E-state index contributed by atoms with van der Waals surface area (Å²) in [6.45, 7) is 5.74. The van der Waals surface area contributed by atoms with Crippen molar-refractivity contribution >= 4 is 0 Å². The van der Waals surface area contributed by atoms with Crippen LogP contribution in [0.4, 0.5) is 4.39 Å². The molecule has 1 atom stereocenters. The second-order valence-electron chi connectivity index (χ2n) is 6.27. The summed E-state index contributed by atoms with van der Waals surface area (Å²) in [7, 11) is 0. The Kier molecular flexibility index (Phi) is 7.37. The van der Waals surface area contributed by atoms with E-state index in [-0.39, 0.29) is 18.5 Å². The van der Waals surface area contributed by atoms with Crippen LogP contribution in [0, 0.1) is 5.82 Å². The normalized spacial score (nSPS) is 12.8. The number of nitrogens with zero attached hydrogens (tertiary/aromatic N) is 1. The summed E-state index contributed by atoms with van der Waals surface area (Å²) in [5.41, 5.74) is 1.72. The van der Waals surface area contributed by atoms with E-state index in [1.807, 2.05) is 50.2 Å². The maximum atomic E-state index is 13.8. The number of aliphatic hydroxyl groups is 1. The van der Waals surface area contributed by atoms with Gasteiger partial charge in [-0.15, -0.1) is 0 Å². The highest BCUT2D eigenvalue weighted by Crippen LogP contribution is 2.13. The van der Waals surface area contributed by atoms with Crippen molar-refractivity contribution in [3.8, 4) is 0 Å². The predicted molar refractivity (Wildman–Crippen MR) is 94.1 cm³/mol. The molecule has 3 nitrogen and oxygen atoms in total. The van der Waals surface area contributed by atoms with Gasteiger partial charge in [-0.3, -0.25) is 4.90 Å². The van der Waals surface area contributed by atoms with Crippen molar-refractivity contribution < 1.29 is 14.2 Å². The van der Waals surface area contributed by atoms with E-state index >= 15 is 0 Å². The topological polar surface area (TPSA) is 32.7 Å². The number of halogens is 1. The second kappa shape index (κ2) is 9.52. The Morgan fingerprint density at radius 3 is 2.38 bits per heavy atom. The van der Waals surface area contributed by atoms with E-state index in [9.17, 15) is 9.50 Å². The lowest BCUT2D eigenvalue weighted by Crippen LogP contribution is -2.39. The van der Waals surface area contributed by atoms with Crippen LogP contribution in [0.15, 0.2) is 54.6 Å². The van der Waals surface area contributed by atoms with Crippen LogP contribution in [-0.2, 0) is 17.9 Å². The smallest absolute Gasteiger partial charge is 0.127 e. The molecule has 0 spiro atoms. The minimum absolute atomic E-state index is 0.202. The molecule has 24 heavy (non-hydrogen) atoms. The zero-order chi connectivity index (χ0) is 17.4. The molecule has 0 bridgehead atoms. The standard InChI is InChI=1S/C20H26FNO2/c1-16(2)22(12-18-10-6-7-11-20(18)21)13-19(23)15-24-14-17-8-4-3-5-9-17/h3-11,16,19,23H,12-15H2,1-2H3. The molecule has 0 saturated heterocycles. The van der Waals surface area contributed by atoms with Crippen LogP contribution in [0.2, 0.25) is 0 Å². The summed E-state index contributed by atoms with van der Waals surface area (Å²) in [5, 5.41) is 10.2. The van der Waals surface area contributed by atoms with Crippen LogP contribution >= 0.6 is 0 Å². The van der Waals surface area contributed by atoms with E-state index in [1.165, 1.54) is 6.07 Å².